The average Bonchev–Trinajstić information content (AvgIpc) is 2.46. The van der Waals surface area contributed by atoms with Crippen molar-refractivity contribution in [2.75, 3.05) is 6.54 Å². The molecule has 1 heterocycles. The molecule has 1 aromatic heterocycles. The lowest BCUT2D eigenvalue weighted by Gasteiger charge is -2.24. The molecule has 0 bridgehead atoms. The van der Waals surface area contributed by atoms with E-state index in [-0.39, 0.29) is 5.41 Å². The Morgan fingerprint density at radius 1 is 1.38 bits per heavy atom. The van der Waals surface area contributed by atoms with Gasteiger partial charge < -0.3 is 5.32 Å². The van der Waals surface area contributed by atoms with Crippen molar-refractivity contribution in [1.82, 2.24) is 5.32 Å². The van der Waals surface area contributed by atoms with E-state index >= 15 is 0 Å². The van der Waals surface area contributed by atoms with Gasteiger partial charge >= 0.3 is 0 Å². The monoisotopic (exact) mass is 367 g/mol. The first-order valence-electron chi connectivity index (χ1n) is 5.51. The first-order chi connectivity index (χ1) is 7.33. The molecule has 0 spiro atoms. The van der Waals surface area contributed by atoms with Gasteiger partial charge in [-0.05, 0) is 50.9 Å². The second-order valence-corrected chi connectivity index (χ2v) is 8.20. The zero-order chi connectivity index (χ0) is 12.3. The quantitative estimate of drug-likeness (QED) is 0.776. The minimum absolute atomic E-state index is 0.237. The summed E-state index contributed by atoms with van der Waals surface area (Å²) in [4.78, 5) is 1.43. The molecule has 92 valence electrons. The molecule has 0 atom stereocenters. The van der Waals surface area contributed by atoms with Crippen molar-refractivity contribution in [2.45, 2.75) is 45.6 Å². The Hall–Kier alpha value is 0.620. The zero-order valence-electron chi connectivity index (χ0n) is 10.2. The van der Waals surface area contributed by atoms with Crippen LogP contribution in [-0.4, -0.2) is 12.6 Å². The summed E-state index contributed by atoms with van der Waals surface area (Å²) in [6, 6.07) is 2.79. The van der Waals surface area contributed by atoms with E-state index in [1.54, 1.807) is 0 Å². The molecule has 0 aliphatic carbocycles. The summed E-state index contributed by atoms with van der Waals surface area (Å²) in [5.41, 5.74) is 0.237. The van der Waals surface area contributed by atoms with Gasteiger partial charge in [-0.1, -0.05) is 27.7 Å². The van der Waals surface area contributed by atoms with Crippen LogP contribution in [0.1, 0.15) is 39.0 Å². The number of halogens is 2. The molecule has 0 saturated carbocycles. The largest absolute Gasteiger partial charge is 0.315 e. The van der Waals surface area contributed by atoms with Crippen LogP contribution >= 0.6 is 43.2 Å². The maximum atomic E-state index is 3.56. The van der Waals surface area contributed by atoms with Crippen molar-refractivity contribution in [1.29, 1.82) is 0 Å². The highest BCUT2D eigenvalue weighted by Crippen LogP contribution is 2.39. The minimum atomic E-state index is 0.237. The predicted molar refractivity (Wildman–Crippen MR) is 80.5 cm³/mol. The Labute approximate surface area is 119 Å². The third-order valence-electron chi connectivity index (χ3n) is 2.61. The molecule has 0 aromatic carbocycles. The van der Waals surface area contributed by atoms with E-state index < -0.39 is 0 Å². The number of rotatable bonds is 5. The topological polar surface area (TPSA) is 12.0 Å². The summed E-state index contributed by atoms with van der Waals surface area (Å²) in [5, 5.41) is 3.47. The molecule has 0 aliphatic rings. The van der Waals surface area contributed by atoms with Gasteiger partial charge in [0.15, 0.2) is 0 Å². The van der Waals surface area contributed by atoms with Gasteiger partial charge in [-0.25, -0.2) is 0 Å². The Balaban J connectivity index is 2.62. The van der Waals surface area contributed by atoms with Crippen LogP contribution in [0.25, 0.3) is 0 Å². The van der Waals surface area contributed by atoms with Crippen molar-refractivity contribution >= 4 is 43.2 Å². The molecule has 1 aromatic rings. The maximum absolute atomic E-state index is 3.56. The summed E-state index contributed by atoms with van der Waals surface area (Å²) in [5.74, 6) is 0. The van der Waals surface area contributed by atoms with Crippen LogP contribution < -0.4 is 5.32 Å². The molecule has 4 heteroatoms. The van der Waals surface area contributed by atoms with Gasteiger partial charge in [-0.15, -0.1) is 11.3 Å². The Bertz CT molecular complexity index is 325. The fourth-order valence-electron chi connectivity index (χ4n) is 1.48. The molecule has 1 N–H and O–H groups in total. The molecular weight excluding hydrogens is 350 g/mol. The summed E-state index contributed by atoms with van der Waals surface area (Å²) in [6.07, 6.45) is 1.16. The van der Waals surface area contributed by atoms with E-state index in [4.69, 9.17) is 0 Å². The molecule has 0 fully saturated rings. The highest BCUT2D eigenvalue weighted by Gasteiger charge is 2.23. The first-order valence-corrected chi connectivity index (χ1v) is 7.92. The fourth-order valence-corrected chi connectivity index (χ4v) is 3.64. The zero-order valence-corrected chi connectivity index (χ0v) is 14.2. The SMILES string of the molecule is CC(C)NCCC(C)(C)c1cc(Br)c(Br)s1. The van der Waals surface area contributed by atoms with Gasteiger partial charge in [0.05, 0.1) is 3.79 Å². The Morgan fingerprint density at radius 3 is 2.44 bits per heavy atom. The van der Waals surface area contributed by atoms with Crippen LogP contribution in [0.4, 0.5) is 0 Å². The fraction of sp³-hybridized carbons (Fsp3) is 0.667. The van der Waals surface area contributed by atoms with Crippen molar-refractivity contribution in [3.05, 3.63) is 19.2 Å². The van der Waals surface area contributed by atoms with Crippen LogP contribution in [0.15, 0.2) is 14.3 Å². The van der Waals surface area contributed by atoms with Crippen LogP contribution in [0.3, 0.4) is 0 Å². The second kappa shape index (κ2) is 5.98. The number of hydrogen-bond acceptors (Lipinski definition) is 2. The summed E-state index contributed by atoms with van der Waals surface area (Å²) >= 11 is 8.93. The molecule has 0 saturated heterocycles. The summed E-state index contributed by atoms with van der Waals surface area (Å²) in [6.45, 7) is 10.0. The third kappa shape index (κ3) is 4.13. The van der Waals surface area contributed by atoms with Gasteiger partial charge in [0.1, 0.15) is 0 Å². The van der Waals surface area contributed by atoms with Crippen molar-refractivity contribution in [2.24, 2.45) is 0 Å². The lowest BCUT2D eigenvalue weighted by molar-refractivity contribution is 0.448. The molecule has 16 heavy (non-hydrogen) atoms. The van der Waals surface area contributed by atoms with E-state index in [9.17, 15) is 0 Å². The van der Waals surface area contributed by atoms with E-state index in [1.165, 1.54) is 8.66 Å². The third-order valence-corrected chi connectivity index (χ3v) is 6.24. The maximum Gasteiger partial charge on any atom is 0.0843 e. The van der Waals surface area contributed by atoms with Crippen LogP contribution in [-0.2, 0) is 5.41 Å². The molecular formula is C12H19Br2NS. The standard InChI is InChI=1S/C12H19Br2NS/c1-8(2)15-6-5-12(3,4)10-7-9(13)11(14)16-10/h7-8,15H,5-6H2,1-4H3. The predicted octanol–water partition coefficient (Wildman–Crippen LogP) is 4.94. The van der Waals surface area contributed by atoms with Gasteiger partial charge in [0, 0.05) is 20.8 Å². The summed E-state index contributed by atoms with van der Waals surface area (Å²) in [7, 11) is 0. The summed E-state index contributed by atoms with van der Waals surface area (Å²) < 4.78 is 2.35. The smallest absolute Gasteiger partial charge is 0.0843 e. The van der Waals surface area contributed by atoms with Crippen LogP contribution in [0, 0.1) is 0 Å². The van der Waals surface area contributed by atoms with E-state index in [1.807, 2.05) is 11.3 Å². The average molecular weight is 369 g/mol. The molecule has 0 unspecified atom stereocenters. The molecule has 1 rings (SSSR count). The van der Waals surface area contributed by atoms with Gasteiger partial charge in [0.2, 0.25) is 0 Å². The van der Waals surface area contributed by atoms with E-state index in [0.717, 1.165) is 17.4 Å². The van der Waals surface area contributed by atoms with Crippen molar-refractivity contribution in [3.8, 4) is 0 Å². The van der Waals surface area contributed by atoms with E-state index in [2.05, 4.69) is 70.9 Å². The first kappa shape index (κ1) is 14.7. The van der Waals surface area contributed by atoms with Crippen LogP contribution in [0.5, 0.6) is 0 Å². The van der Waals surface area contributed by atoms with Crippen molar-refractivity contribution in [3.63, 3.8) is 0 Å². The Morgan fingerprint density at radius 2 is 2.00 bits per heavy atom. The highest BCUT2D eigenvalue weighted by molar-refractivity contribution is 9.13. The lowest BCUT2D eigenvalue weighted by Crippen LogP contribution is -2.29. The molecule has 0 radical (unpaired) electrons. The lowest BCUT2D eigenvalue weighted by atomic mass is 9.87. The molecule has 1 nitrogen and oxygen atoms in total. The number of thiophene rings is 1. The molecule has 0 aliphatic heterocycles. The highest BCUT2D eigenvalue weighted by atomic mass is 79.9. The minimum Gasteiger partial charge on any atom is -0.315 e. The van der Waals surface area contributed by atoms with Gasteiger partial charge in [-0.2, -0.15) is 0 Å². The normalized spacial score (nSPS) is 12.4. The second-order valence-electron chi connectivity index (χ2n) is 4.98. The van der Waals surface area contributed by atoms with E-state index in [0.29, 0.717) is 6.04 Å². The van der Waals surface area contributed by atoms with Crippen LogP contribution in [0.2, 0.25) is 0 Å². The molecule has 0 amide bonds. The number of nitrogens with one attached hydrogen (secondary N) is 1. The number of hydrogen-bond donors (Lipinski definition) is 1. The van der Waals surface area contributed by atoms with Gasteiger partial charge in [-0.3, -0.25) is 0 Å². The van der Waals surface area contributed by atoms with Gasteiger partial charge in [0.25, 0.3) is 0 Å². The van der Waals surface area contributed by atoms with Crippen molar-refractivity contribution < 1.29 is 0 Å². The Kier molecular flexibility index (Phi) is 5.49.